The van der Waals surface area contributed by atoms with E-state index in [1.165, 1.54) is 0 Å². The van der Waals surface area contributed by atoms with Gasteiger partial charge in [0.25, 0.3) is 0 Å². The number of nitrogens with two attached hydrogens (primary N) is 1. The van der Waals surface area contributed by atoms with Crippen molar-refractivity contribution in [3.8, 4) is 0 Å². The van der Waals surface area contributed by atoms with E-state index >= 15 is 0 Å². The van der Waals surface area contributed by atoms with Crippen molar-refractivity contribution in [2.45, 2.75) is 52.6 Å². The van der Waals surface area contributed by atoms with Crippen molar-refractivity contribution in [2.75, 3.05) is 6.54 Å². The maximum Gasteiger partial charge on any atom is 0.241 e. The fraction of sp³-hybridized carbons (Fsp3) is 0.909. The molecule has 1 saturated heterocycles. The topological polar surface area (TPSA) is 46.3 Å². The summed E-state index contributed by atoms with van der Waals surface area (Å²) >= 11 is 0. The molecule has 0 aromatic rings. The molecular weight excluding hydrogens is 176 g/mol. The third kappa shape index (κ3) is 2.27. The summed E-state index contributed by atoms with van der Waals surface area (Å²) in [5, 5.41) is 0. The number of likely N-dealkylation sites (tertiary alicyclic amines) is 1. The fourth-order valence-corrected chi connectivity index (χ4v) is 2.39. The van der Waals surface area contributed by atoms with Crippen LogP contribution in [-0.2, 0) is 4.79 Å². The number of nitrogens with zero attached hydrogens (tertiary/aromatic N) is 1. The first kappa shape index (κ1) is 11.5. The number of amides is 1. The van der Waals surface area contributed by atoms with Crippen molar-refractivity contribution in [1.82, 2.24) is 4.90 Å². The quantitative estimate of drug-likeness (QED) is 0.681. The normalized spacial score (nSPS) is 23.7. The van der Waals surface area contributed by atoms with E-state index in [2.05, 4.69) is 34.6 Å². The van der Waals surface area contributed by atoms with E-state index in [0.717, 1.165) is 6.42 Å². The largest absolute Gasteiger partial charge is 0.334 e. The van der Waals surface area contributed by atoms with Gasteiger partial charge in [0.1, 0.15) is 6.04 Å². The van der Waals surface area contributed by atoms with Gasteiger partial charge in [0.2, 0.25) is 5.91 Å². The molecule has 0 bridgehead atoms. The van der Waals surface area contributed by atoms with Crippen LogP contribution in [0.3, 0.4) is 0 Å². The second-order valence-electron chi connectivity index (χ2n) is 6.11. The van der Waals surface area contributed by atoms with Crippen LogP contribution >= 0.6 is 0 Å². The van der Waals surface area contributed by atoms with Crippen LogP contribution < -0.4 is 5.73 Å². The molecule has 1 fully saturated rings. The molecule has 3 heteroatoms. The van der Waals surface area contributed by atoms with Gasteiger partial charge in [-0.2, -0.15) is 0 Å². The number of hydrogen-bond acceptors (Lipinski definition) is 2. The van der Waals surface area contributed by atoms with Gasteiger partial charge >= 0.3 is 0 Å². The molecule has 1 atom stereocenters. The Morgan fingerprint density at radius 3 is 2.14 bits per heavy atom. The molecule has 1 heterocycles. The molecule has 0 aliphatic carbocycles. The summed E-state index contributed by atoms with van der Waals surface area (Å²) in [4.78, 5) is 13.4. The number of carbonyl (C=O) groups is 1. The minimum Gasteiger partial charge on any atom is -0.334 e. The van der Waals surface area contributed by atoms with E-state index in [0.29, 0.717) is 6.54 Å². The Morgan fingerprint density at radius 2 is 1.86 bits per heavy atom. The molecule has 0 saturated carbocycles. The van der Waals surface area contributed by atoms with Crippen molar-refractivity contribution in [2.24, 2.45) is 11.1 Å². The zero-order chi connectivity index (χ0) is 11.1. The number of hydrogen-bond donors (Lipinski definition) is 1. The minimum atomic E-state index is -0.255. The Morgan fingerprint density at radius 1 is 1.36 bits per heavy atom. The van der Waals surface area contributed by atoms with Crippen LogP contribution in [-0.4, -0.2) is 28.9 Å². The van der Waals surface area contributed by atoms with E-state index in [1.54, 1.807) is 0 Å². The maximum absolute atomic E-state index is 11.5. The second-order valence-corrected chi connectivity index (χ2v) is 6.11. The molecule has 2 N–H and O–H groups in total. The van der Waals surface area contributed by atoms with E-state index in [-0.39, 0.29) is 22.9 Å². The third-order valence-corrected chi connectivity index (χ3v) is 2.66. The zero-order valence-electron chi connectivity index (χ0n) is 9.92. The average Bonchev–Trinajstić information content (AvgIpc) is 1.94. The van der Waals surface area contributed by atoms with Crippen molar-refractivity contribution in [3.63, 3.8) is 0 Å². The SMILES string of the molecule is CC(C)(C)CC(C)(C)N1CC(N)C1=O. The molecule has 0 aromatic carbocycles. The van der Waals surface area contributed by atoms with Gasteiger partial charge in [-0.15, -0.1) is 0 Å². The van der Waals surface area contributed by atoms with Crippen molar-refractivity contribution in [1.29, 1.82) is 0 Å². The minimum absolute atomic E-state index is 0.0643. The monoisotopic (exact) mass is 198 g/mol. The predicted octanol–water partition coefficient (Wildman–Crippen LogP) is 1.37. The lowest BCUT2D eigenvalue weighted by atomic mass is 9.79. The van der Waals surface area contributed by atoms with Crippen molar-refractivity contribution >= 4 is 5.91 Å². The molecule has 0 spiro atoms. The summed E-state index contributed by atoms with van der Waals surface area (Å²) in [5.74, 6) is 0.0965. The Bertz CT molecular complexity index is 240. The van der Waals surface area contributed by atoms with Crippen LogP contribution in [0.1, 0.15) is 41.0 Å². The Hall–Kier alpha value is -0.570. The number of β-lactam (4-membered cyclic amide) rings is 1. The standard InChI is InChI=1S/C11H22N2O/c1-10(2,3)7-11(4,5)13-6-8(12)9(13)14/h8H,6-7,12H2,1-5H3. The molecule has 1 rings (SSSR count). The Labute approximate surface area is 86.6 Å². The van der Waals surface area contributed by atoms with Crippen LogP contribution in [0.2, 0.25) is 0 Å². The van der Waals surface area contributed by atoms with Gasteiger partial charge in [0, 0.05) is 12.1 Å². The lowest BCUT2D eigenvalue weighted by Gasteiger charge is -2.49. The van der Waals surface area contributed by atoms with Crippen LogP contribution in [0.5, 0.6) is 0 Å². The van der Waals surface area contributed by atoms with Gasteiger partial charge in [-0.1, -0.05) is 20.8 Å². The van der Waals surface area contributed by atoms with Crippen molar-refractivity contribution < 1.29 is 4.79 Å². The van der Waals surface area contributed by atoms with Crippen LogP contribution in [0.25, 0.3) is 0 Å². The predicted molar refractivity (Wildman–Crippen MR) is 57.8 cm³/mol. The summed E-state index contributed by atoms with van der Waals surface area (Å²) in [7, 11) is 0. The first-order chi connectivity index (χ1) is 6.13. The molecular formula is C11H22N2O. The van der Waals surface area contributed by atoms with Gasteiger partial charge in [-0.05, 0) is 25.7 Å². The Kier molecular flexibility index (Phi) is 2.65. The Balaban J connectivity index is 2.63. The van der Waals surface area contributed by atoms with Gasteiger partial charge < -0.3 is 10.6 Å². The van der Waals surface area contributed by atoms with Crippen LogP contribution in [0, 0.1) is 5.41 Å². The molecule has 1 unspecified atom stereocenters. The molecule has 3 nitrogen and oxygen atoms in total. The fourth-order valence-electron chi connectivity index (χ4n) is 2.39. The highest BCUT2D eigenvalue weighted by Gasteiger charge is 2.43. The first-order valence-electron chi connectivity index (χ1n) is 5.20. The summed E-state index contributed by atoms with van der Waals surface area (Å²) in [6.45, 7) is 11.5. The second kappa shape index (κ2) is 3.23. The smallest absolute Gasteiger partial charge is 0.241 e. The van der Waals surface area contributed by atoms with E-state index in [1.807, 2.05) is 4.90 Å². The highest BCUT2D eigenvalue weighted by molar-refractivity contribution is 5.88. The summed E-state index contributed by atoms with van der Waals surface area (Å²) in [6.07, 6.45) is 0.998. The summed E-state index contributed by atoms with van der Waals surface area (Å²) in [5.41, 5.74) is 5.76. The van der Waals surface area contributed by atoms with Gasteiger partial charge in [0.05, 0.1) is 0 Å². The highest BCUT2D eigenvalue weighted by Crippen LogP contribution is 2.33. The zero-order valence-corrected chi connectivity index (χ0v) is 9.92. The molecule has 1 aliphatic rings. The van der Waals surface area contributed by atoms with E-state index in [9.17, 15) is 4.79 Å². The lowest BCUT2D eigenvalue weighted by molar-refractivity contribution is -0.151. The highest BCUT2D eigenvalue weighted by atomic mass is 16.2. The van der Waals surface area contributed by atoms with Crippen LogP contribution in [0.15, 0.2) is 0 Å². The van der Waals surface area contributed by atoms with Gasteiger partial charge in [-0.25, -0.2) is 0 Å². The van der Waals surface area contributed by atoms with Gasteiger partial charge in [-0.3, -0.25) is 4.79 Å². The number of carbonyl (C=O) groups excluding carboxylic acids is 1. The molecule has 1 amide bonds. The maximum atomic E-state index is 11.5. The molecule has 0 aromatic heterocycles. The molecule has 82 valence electrons. The molecule has 1 aliphatic heterocycles. The van der Waals surface area contributed by atoms with Gasteiger partial charge in [0.15, 0.2) is 0 Å². The van der Waals surface area contributed by atoms with Crippen molar-refractivity contribution in [3.05, 3.63) is 0 Å². The first-order valence-corrected chi connectivity index (χ1v) is 5.20. The lowest BCUT2D eigenvalue weighted by Crippen LogP contribution is -2.67. The molecule has 0 radical (unpaired) electrons. The van der Waals surface area contributed by atoms with E-state index < -0.39 is 0 Å². The van der Waals surface area contributed by atoms with Crippen LogP contribution in [0.4, 0.5) is 0 Å². The van der Waals surface area contributed by atoms with E-state index in [4.69, 9.17) is 5.73 Å². The average molecular weight is 198 g/mol. The summed E-state index contributed by atoms with van der Waals surface area (Å²) < 4.78 is 0. The number of rotatable bonds is 2. The summed E-state index contributed by atoms with van der Waals surface area (Å²) in [6, 6.07) is -0.255. The molecule has 14 heavy (non-hydrogen) atoms. The third-order valence-electron chi connectivity index (χ3n) is 2.66.